The molecule has 1 aromatic heterocycles. The van der Waals surface area contributed by atoms with E-state index in [9.17, 15) is 9.18 Å². The number of hydrogen-bond donors (Lipinski definition) is 1. The molecule has 1 aliphatic rings. The first-order valence-electron chi connectivity index (χ1n) is 6.71. The largest absolute Gasteiger partial charge is 0.489 e. The molecule has 1 unspecified atom stereocenters. The quantitative estimate of drug-likeness (QED) is 0.919. The topological polar surface area (TPSA) is 56.1 Å². The van der Waals surface area contributed by atoms with Crippen molar-refractivity contribution in [3.63, 3.8) is 0 Å². The summed E-state index contributed by atoms with van der Waals surface area (Å²) in [6, 6.07) is 3.48. The van der Waals surface area contributed by atoms with Crippen molar-refractivity contribution >= 4 is 32.7 Å². The predicted molar refractivity (Wildman–Crippen MR) is 79.6 cm³/mol. The number of carbonyl (C=O) groups is 1. The Morgan fingerprint density at radius 2 is 2.33 bits per heavy atom. The zero-order chi connectivity index (χ0) is 15.1. The van der Waals surface area contributed by atoms with Crippen LogP contribution in [-0.2, 0) is 11.8 Å². The van der Waals surface area contributed by atoms with Crippen molar-refractivity contribution in [1.82, 2.24) is 15.1 Å². The molecule has 1 aliphatic heterocycles. The van der Waals surface area contributed by atoms with Gasteiger partial charge in [-0.3, -0.25) is 4.79 Å². The number of benzene rings is 1. The van der Waals surface area contributed by atoms with Gasteiger partial charge < -0.3 is 10.1 Å². The number of nitrogens with zero attached hydrogens (tertiary/aromatic N) is 2. The molecule has 2 atom stereocenters. The van der Waals surface area contributed by atoms with Crippen molar-refractivity contribution in [2.24, 2.45) is 13.0 Å². The van der Waals surface area contributed by atoms with Gasteiger partial charge in [0, 0.05) is 30.4 Å². The van der Waals surface area contributed by atoms with Gasteiger partial charge in [-0.2, -0.15) is 9.49 Å². The van der Waals surface area contributed by atoms with Crippen LogP contribution in [0, 0.1) is 11.9 Å². The second-order valence-corrected chi connectivity index (χ2v) is 6.22. The van der Waals surface area contributed by atoms with Crippen LogP contribution in [0.25, 0.3) is 10.9 Å². The average Bonchev–Trinajstić information content (AvgIpc) is 2.95. The maximum Gasteiger partial charge on any atom is 0.222 e. The molecule has 3 rings (SSSR count). The Morgan fingerprint density at radius 1 is 1.57 bits per heavy atom. The van der Waals surface area contributed by atoms with Crippen LogP contribution in [0.4, 0.5) is 4.39 Å². The van der Waals surface area contributed by atoms with Crippen molar-refractivity contribution in [2.75, 3.05) is 6.54 Å². The van der Waals surface area contributed by atoms with Gasteiger partial charge in [-0.1, -0.05) is 15.9 Å². The lowest BCUT2D eigenvalue weighted by Gasteiger charge is -2.20. The third-order valence-electron chi connectivity index (χ3n) is 3.78. The molecule has 0 spiro atoms. The van der Waals surface area contributed by atoms with Gasteiger partial charge in [-0.25, -0.2) is 4.68 Å². The number of hydrogen-bond acceptors (Lipinski definition) is 3. The summed E-state index contributed by atoms with van der Waals surface area (Å²) < 4.78 is 22.1. The Hall–Kier alpha value is -1.63. The number of aromatic nitrogens is 2. The highest BCUT2D eigenvalue weighted by atomic mass is 79.9. The van der Waals surface area contributed by atoms with Gasteiger partial charge in [0.1, 0.15) is 17.4 Å². The van der Waals surface area contributed by atoms with E-state index in [1.54, 1.807) is 19.2 Å². The summed E-state index contributed by atoms with van der Waals surface area (Å²) in [4.78, 5) is 11.3. The van der Waals surface area contributed by atoms with Crippen molar-refractivity contribution in [3.05, 3.63) is 22.6 Å². The van der Waals surface area contributed by atoms with E-state index in [1.165, 1.54) is 4.68 Å². The second kappa shape index (κ2) is 5.29. The molecule has 1 N–H and O–H groups in total. The number of halogens is 2. The summed E-state index contributed by atoms with van der Waals surface area (Å²) in [5.41, 5.74) is 0.534. The maximum absolute atomic E-state index is 14.2. The molecule has 2 heterocycles. The SMILES string of the molecule is CC(Oc1cc(Br)cc2nn(C)c(F)c12)[C@H]1CNC(=O)C1. The van der Waals surface area contributed by atoms with Gasteiger partial charge in [0.2, 0.25) is 11.9 Å². The lowest BCUT2D eigenvalue weighted by molar-refractivity contribution is -0.119. The Morgan fingerprint density at radius 3 is 3.00 bits per heavy atom. The summed E-state index contributed by atoms with van der Waals surface area (Å²) >= 11 is 3.38. The molecule has 7 heteroatoms. The zero-order valence-electron chi connectivity index (χ0n) is 11.7. The van der Waals surface area contributed by atoms with E-state index < -0.39 is 5.95 Å². The highest BCUT2D eigenvalue weighted by Crippen LogP contribution is 2.33. The van der Waals surface area contributed by atoms with Crippen LogP contribution in [-0.4, -0.2) is 28.3 Å². The van der Waals surface area contributed by atoms with Crippen LogP contribution in [0.3, 0.4) is 0 Å². The van der Waals surface area contributed by atoms with Crippen molar-refractivity contribution in [2.45, 2.75) is 19.4 Å². The van der Waals surface area contributed by atoms with Crippen LogP contribution >= 0.6 is 15.9 Å². The number of carbonyl (C=O) groups excluding carboxylic acids is 1. The van der Waals surface area contributed by atoms with E-state index in [1.807, 2.05) is 6.92 Å². The van der Waals surface area contributed by atoms with Crippen LogP contribution < -0.4 is 10.1 Å². The highest BCUT2D eigenvalue weighted by molar-refractivity contribution is 9.10. The number of nitrogens with one attached hydrogen (secondary N) is 1. The minimum atomic E-state index is -0.430. The maximum atomic E-state index is 14.2. The lowest BCUT2D eigenvalue weighted by atomic mass is 10.0. The molecule has 21 heavy (non-hydrogen) atoms. The Labute approximate surface area is 129 Å². The molecule has 1 saturated heterocycles. The molecule has 0 aliphatic carbocycles. The van der Waals surface area contributed by atoms with Gasteiger partial charge >= 0.3 is 0 Å². The summed E-state index contributed by atoms with van der Waals surface area (Å²) in [7, 11) is 1.55. The number of aryl methyl sites for hydroxylation is 1. The molecule has 0 bridgehead atoms. The molecule has 0 saturated carbocycles. The summed E-state index contributed by atoms with van der Waals surface area (Å²) in [6.45, 7) is 2.48. The fourth-order valence-electron chi connectivity index (χ4n) is 2.57. The van der Waals surface area contributed by atoms with Crippen LogP contribution in [0.2, 0.25) is 0 Å². The standard InChI is InChI=1S/C14H15BrFN3O2/c1-7(8-3-12(20)17-6-8)21-11-5-9(15)4-10-13(11)14(16)19(2)18-10/h4-5,7-8H,3,6H2,1-2H3,(H,17,20)/t7?,8-/m1/s1. The van der Waals surface area contributed by atoms with E-state index >= 15 is 0 Å². The van der Waals surface area contributed by atoms with Crippen LogP contribution in [0.1, 0.15) is 13.3 Å². The molecule has 1 amide bonds. The van der Waals surface area contributed by atoms with Gasteiger partial charge in [0.15, 0.2) is 0 Å². The normalized spacial score (nSPS) is 19.8. The highest BCUT2D eigenvalue weighted by Gasteiger charge is 2.29. The fourth-order valence-corrected chi connectivity index (χ4v) is 3.00. The smallest absolute Gasteiger partial charge is 0.222 e. The zero-order valence-corrected chi connectivity index (χ0v) is 13.3. The number of fused-ring (bicyclic) bond motifs is 1. The molecule has 2 aromatic rings. The van der Waals surface area contributed by atoms with Crippen molar-refractivity contribution in [1.29, 1.82) is 0 Å². The molecule has 112 valence electrons. The third kappa shape index (κ3) is 2.62. The number of amides is 1. The molecule has 5 nitrogen and oxygen atoms in total. The van der Waals surface area contributed by atoms with Gasteiger partial charge in [-0.05, 0) is 19.1 Å². The Kier molecular flexibility index (Phi) is 3.61. The Balaban J connectivity index is 1.94. The van der Waals surface area contributed by atoms with Crippen LogP contribution in [0.5, 0.6) is 5.75 Å². The Bertz CT molecular complexity index is 716. The van der Waals surface area contributed by atoms with Gasteiger partial charge in [-0.15, -0.1) is 0 Å². The van der Waals surface area contributed by atoms with Crippen LogP contribution in [0.15, 0.2) is 16.6 Å². The van der Waals surface area contributed by atoms with E-state index in [2.05, 4.69) is 26.3 Å². The summed E-state index contributed by atoms with van der Waals surface area (Å²) in [5, 5.41) is 7.26. The molecular formula is C14H15BrFN3O2. The predicted octanol–water partition coefficient (Wildman–Crippen LogP) is 2.38. The molecular weight excluding hydrogens is 341 g/mol. The first-order chi connectivity index (χ1) is 9.95. The first kappa shape index (κ1) is 14.3. The summed E-state index contributed by atoms with van der Waals surface area (Å²) in [5.74, 6) is 0.130. The molecule has 1 aromatic carbocycles. The number of ether oxygens (including phenoxy) is 1. The summed E-state index contributed by atoms with van der Waals surface area (Å²) in [6.07, 6.45) is 0.245. The van der Waals surface area contributed by atoms with Crippen molar-refractivity contribution < 1.29 is 13.9 Å². The first-order valence-corrected chi connectivity index (χ1v) is 7.50. The molecule has 1 fully saturated rings. The second-order valence-electron chi connectivity index (χ2n) is 5.30. The lowest BCUT2D eigenvalue weighted by Crippen LogP contribution is -2.25. The average molecular weight is 356 g/mol. The molecule has 0 radical (unpaired) electrons. The van der Waals surface area contributed by atoms with E-state index in [0.29, 0.717) is 29.6 Å². The van der Waals surface area contributed by atoms with Gasteiger partial charge in [0.05, 0.1) is 5.39 Å². The number of rotatable bonds is 3. The monoisotopic (exact) mass is 355 g/mol. The van der Waals surface area contributed by atoms with E-state index in [-0.39, 0.29) is 17.9 Å². The van der Waals surface area contributed by atoms with E-state index in [4.69, 9.17) is 4.74 Å². The third-order valence-corrected chi connectivity index (χ3v) is 4.24. The fraction of sp³-hybridized carbons (Fsp3) is 0.429. The minimum absolute atomic E-state index is 0.0300. The van der Waals surface area contributed by atoms with Gasteiger partial charge in [0.25, 0.3) is 0 Å². The van der Waals surface area contributed by atoms with E-state index in [0.717, 1.165) is 4.47 Å². The minimum Gasteiger partial charge on any atom is -0.489 e. The van der Waals surface area contributed by atoms with Crippen molar-refractivity contribution in [3.8, 4) is 5.75 Å².